The molecule has 0 saturated heterocycles. The summed E-state index contributed by atoms with van der Waals surface area (Å²) in [5.74, 6) is 0.398. The molecule has 0 aromatic heterocycles. The molecule has 1 fully saturated rings. The van der Waals surface area contributed by atoms with Crippen LogP contribution in [0.15, 0.2) is 18.2 Å². The third-order valence-electron chi connectivity index (χ3n) is 4.18. The molecule has 1 heterocycles. The lowest BCUT2D eigenvalue weighted by atomic mass is 9.73. The van der Waals surface area contributed by atoms with E-state index >= 15 is 0 Å². The molecule has 1 aliphatic heterocycles. The van der Waals surface area contributed by atoms with Crippen molar-refractivity contribution >= 4 is 11.4 Å². The second-order valence-corrected chi connectivity index (χ2v) is 5.57. The monoisotopic (exact) mass is 232 g/mol. The molecule has 0 bridgehead atoms. The van der Waals surface area contributed by atoms with Gasteiger partial charge in [0, 0.05) is 12.6 Å². The van der Waals surface area contributed by atoms with E-state index in [-0.39, 0.29) is 5.54 Å². The molecule has 0 amide bonds. The smallest absolute Gasteiger partial charge is 0.141 e. The van der Waals surface area contributed by atoms with Crippen molar-refractivity contribution in [3.05, 3.63) is 18.2 Å². The van der Waals surface area contributed by atoms with Gasteiger partial charge in [0.15, 0.2) is 0 Å². The van der Waals surface area contributed by atoms with Gasteiger partial charge in [0.2, 0.25) is 0 Å². The maximum absolute atomic E-state index is 10.1. The lowest BCUT2D eigenvalue weighted by molar-refractivity contribution is 0.224. The molecule has 3 heteroatoms. The molecule has 0 unspecified atom stereocenters. The fraction of sp³-hybridized carbons (Fsp3) is 0.571. The minimum Gasteiger partial charge on any atom is -0.506 e. The maximum Gasteiger partial charge on any atom is 0.141 e. The van der Waals surface area contributed by atoms with Gasteiger partial charge in [-0.05, 0) is 45.2 Å². The number of rotatable bonds is 1. The number of aromatic hydroxyl groups is 1. The summed E-state index contributed by atoms with van der Waals surface area (Å²) in [5.41, 5.74) is 2.30. The molecule has 1 aromatic carbocycles. The number of anilines is 2. The van der Waals surface area contributed by atoms with Crippen LogP contribution in [0.2, 0.25) is 0 Å². The van der Waals surface area contributed by atoms with Gasteiger partial charge in [0.1, 0.15) is 11.4 Å². The topological polar surface area (TPSA) is 35.5 Å². The second-order valence-electron chi connectivity index (χ2n) is 5.57. The lowest BCUT2D eigenvalue weighted by Gasteiger charge is -2.56. The summed E-state index contributed by atoms with van der Waals surface area (Å²) in [6, 6.07) is 6.16. The fourth-order valence-corrected chi connectivity index (χ4v) is 3.32. The third-order valence-corrected chi connectivity index (χ3v) is 4.18. The van der Waals surface area contributed by atoms with Crippen molar-refractivity contribution in [2.45, 2.75) is 44.7 Å². The maximum atomic E-state index is 10.1. The van der Waals surface area contributed by atoms with Crippen LogP contribution in [0.1, 0.15) is 33.1 Å². The largest absolute Gasteiger partial charge is 0.506 e. The molecule has 1 aromatic rings. The van der Waals surface area contributed by atoms with Crippen LogP contribution in [0.25, 0.3) is 0 Å². The summed E-state index contributed by atoms with van der Waals surface area (Å²) >= 11 is 0. The first-order valence-corrected chi connectivity index (χ1v) is 6.49. The third kappa shape index (κ3) is 1.41. The highest BCUT2D eigenvalue weighted by Gasteiger charge is 2.47. The van der Waals surface area contributed by atoms with E-state index in [2.05, 4.69) is 30.1 Å². The molecule has 3 nitrogen and oxygen atoms in total. The molecule has 2 aliphatic rings. The zero-order chi connectivity index (χ0) is 12.0. The van der Waals surface area contributed by atoms with Gasteiger partial charge in [-0.15, -0.1) is 0 Å². The summed E-state index contributed by atoms with van der Waals surface area (Å²) < 4.78 is 0. The fourth-order valence-electron chi connectivity index (χ4n) is 3.32. The number of para-hydroxylation sites is 1. The highest BCUT2D eigenvalue weighted by Crippen LogP contribution is 2.50. The van der Waals surface area contributed by atoms with Crippen molar-refractivity contribution in [3.8, 4) is 5.75 Å². The van der Waals surface area contributed by atoms with Crippen molar-refractivity contribution < 1.29 is 5.11 Å². The van der Waals surface area contributed by atoms with E-state index in [1.54, 1.807) is 6.07 Å². The first-order valence-electron chi connectivity index (χ1n) is 6.49. The number of benzene rings is 1. The van der Waals surface area contributed by atoms with Crippen LogP contribution < -0.4 is 10.2 Å². The number of nitrogens with one attached hydrogen (secondary N) is 1. The Balaban J connectivity index is 2.12. The number of fused-ring (bicyclic) bond motifs is 1. The first-order chi connectivity index (χ1) is 8.14. The molecule has 0 radical (unpaired) electrons. The Hall–Kier alpha value is -1.38. The van der Waals surface area contributed by atoms with Gasteiger partial charge in [-0.1, -0.05) is 6.07 Å². The van der Waals surface area contributed by atoms with Crippen LogP contribution in [-0.4, -0.2) is 23.2 Å². The highest BCUT2D eigenvalue weighted by atomic mass is 16.3. The van der Waals surface area contributed by atoms with E-state index in [0.29, 0.717) is 11.8 Å². The molecular weight excluding hydrogens is 212 g/mol. The summed E-state index contributed by atoms with van der Waals surface area (Å²) in [6.07, 6.45) is 3.76. The van der Waals surface area contributed by atoms with Crippen LogP contribution in [0, 0.1) is 0 Å². The molecule has 17 heavy (non-hydrogen) atoms. The molecule has 3 rings (SSSR count). The summed E-state index contributed by atoms with van der Waals surface area (Å²) in [7, 11) is 0. The van der Waals surface area contributed by atoms with E-state index < -0.39 is 0 Å². The van der Waals surface area contributed by atoms with Gasteiger partial charge in [0.25, 0.3) is 0 Å². The molecule has 92 valence electrons. The predicted molar refractivity (Wildman–Crippen MR) is 70.8 cm³/mol. The van der Waals surface area contributed by atoms with Crippen LogP contribution in [0.4, 0.5) is 11.4 Å². The molecule has 2 N–H and O–H groups in total. The van der Waals surface area contributed by atoms with Gasteiger partial charge >= 0.3 is 0 Å². The number of phenols is 1. The van der Waals surface area contributed by atoms with E-state index in [1.165, 1.54) is 19.3 Å². The SMILES string of the molecule is CC(C)N1c2c(O)cccc2NCC12CCC2. The van der Waals surface area contributed by atoms with Crippen LogP contribution in [0.5, 0.6) is 5.75 Å². The van der Waals surface area contributed by atoms with Crippen molar-refractivity contribution in [1.82, 2.24) is 0 Å². The van der Waals surface area contributed by atoms with Gasteiger partial charge in [-0.2, -0.15) is 0 Å². The minimum absolute atomic E-state index is 0.236. The van der Waals surface area contributed by atoms with E-state index in [0.717, 1.165) is 17.9 Å². The Kier molecular flexibility index (Phi) is 2.25. The molecular formula is C14H20N2O. The Bertz CT molecular complexity index is 438. The van der Waals surface area contributed by atoms with Crippen LogP contribution in [-0.2, 0) is 0 Å². The normalized spacial score (nSPS) is 21.0. The predicted octanol–water partition coefficient (Wildman–Crippen LogP) is 2.96. The lowest BCUT2D eigenvalue weighted by Crippen LogP contribution is -2.62. The first kappa shape index (κ1) is 10.8. The van der Waals surface area contributed by atoms with E-state index in [9.17, 15) is 5.11 Å². The molecule has 1 spiro atoms. The van der Waals surface area contributed by atoms with Crippen LogP contribution in [0.3, 0.4) is 0 Å². The average molecular weight is 232 g/mol. The van der Waals surface area contributed by atoms with Crippen molar-refractivity contribution in [3.63, 3.8) is 0 Å². The summed E-state index contributed by atoms with van der Waals surface area (Å²) in [6.45, 7) is 5.42. The van der Waals surface area contributed by atoms with Gasteiger partial charge in [-0.3, -0.25) is 0 Å². The number of nitrogens with zero attached hydrogens (tertiary/aromatic N) is 1. The van der Waals surface area contributed by atoms with Gasteiger partial charge < -0.3 is 15.3 Å². The van der Waals surface area contributed by atoms with Crippen molar-refractivity contribution in [2.75, 3.05) is 16.8 Å². The second kappa shape index (κ2) is 3.56. The average Bonchev–Trinajstić information content (AvgIpc) is 2.25. The highest BCUT2D eigenvalue weighted by molar-refractivity contribution is 5.80. The number of phenolic OH excluding ortho intramolecular Hbond substituents is 1. The number of hydrogen-bond donors (Lipinski definition) is 2. The van der Waals surface area contributed by atoms with Gasteiger partial charge in [0.05, 0.1) is 11.2 Å². The van der Waals surface area contributed by atoms with Crippen molar-refractivity contribution in [1.29, 1.82) is 0 Å². The zero-order valence-corrected chi connectivity index (χ0v) is 10.5. The van der Waals surface area contributed by atoms with E-state index in [1.807, 2.05) is 6.07 Å². The Morgan fingerprint density at radius 3 is 2.71 bits per heavy atom. The zero-order valence-electron chi connectivity index (χ0n) is 10.5. The molecule has 1 saturated carbocycles. The summed E-state index contributed by atoms with van der Waals surface area (Å²) in [4.78, 5) is 2.43. The Labute approximate surface area is 102 Å². The quantitative estimate of drug-likeness (QED) is 0.781. The number of hydrogen-bond acceptors (Lipinski definition) is 3. The Morgan fingerprint density at radius 1 is 1.35 bits per heavy atom. The van der Waals surface area contributed by atoms with E-state index in [4.69, 9.17) is 0 Å². The molecule has 0 atom stereocenters. The summed E-state index contributed by atoms with van der Waals surface area (Å²) in [5, 5.41) is 13.6. The molecule has 1 aliphatic carbocycles. The standard InChI is InChI=1S/C14H20N2O/c1-10(2)16-13-11(5-3-6-12(13)17)15-9-14(16)7-4-8-14/h3,5-6,10,15,17H,4,7-9H2,1-2H3. The van der Waals surface area contributed by atoms with Gasteiger partial charge in [-0.25, -0.2) is 0 Å². The van der Waals surface area contributed by atoms with Crippen LogP contribution >= 0.6 is 0 Å². The van der Waals surface area contributed by atoms with Crippen molar-refractivity contribution in [2.24, 2.45) is 0 Å². The Morgan fingerprint density at radius 2 is 2.12 bits per heavy atom. The minimum atomic E-state index is 0.236.